The summed E-state index contributed by atoms with van der Waals surface area (Å²) in [4.78, 5) is 34.0. The SMILES string of the molecule is CC(C)COc1cc(F)cc(-c2ccc(C(=O)NS(=O)(=O)c3cccc(=O)[nH]3)c(N3CC(C)CC3(C)C)n2)c1. The lowest BCUT2D eigenvalue weighted by molar-refractivity contribution is 0.0981. The number of benzene rings is 1. The van der Waals surface area contributed by atoms with E-state index in [9.17, 15) is 22.4 Å². The summed E-state index contributed by atoms with van der Waals surface area (Å²) in [5.74, 6) is -0.195. The van der Waals surface area contributed by atoms with Gasteiger partial charge in [-0.3, -0.25) is 9.59 Å². The van der Waals surface area contributed by atoms with Crippen LogP contribution in [0.25, 0.3) is 11.3 Å². The van der Waals surface area contributed by atoms with Crippen molar-refractivity contribution in [2.24, 2.45) is 11.8 Å². The van der Waals surface area contributed by atoms with E-state index in [0.29, 0.717) is 36.1 Å². The molecule has 1 amide bonds. The first-order chi connectivity index (χ1) is 18.2. The second-order valence-corrected chi connectivity index (χ2v) is 12.6. The third-order valence-corrected chi connectivity index (χ3v) is 7.73. The van der Waals surface area contributed by atoms with Gasteiger partial charge in [-0.25, -0.2) is 14.1 Å². The molecule has 208 valence electrons. The van der Waals surface area contributed by atoms with Crippen LogP contribution in [0.5, 0.6) is 5.75 Å². The van der Waals surface area contributed by atoms with Gasteiger partial charge in [0.15, 0.2) is 5.03 Å². The van der Waals surface area contributed by atoms with Crippen LogP contribution in [0.1, 0.15) is 51.4 Å². The number of aromatic nitrogens is 2. The van der Waals surface area contributed by atoms with E-state index >= 15 is 0 Å². The van der Waals surface area contributed by atoms with Crippen molar-refractivity contribution in [3.63, 3.8) is 0 Å². The van der Waals surface area contributed by atoms with Gasteiger partial charge in [0.25, 0.3) is 15.9 Å². The first-order valence-electron chi connectivity index (χ1n) is 12.7. The number of aromatic amines is 1. The standard InChI is InChI=1S/C28H33FN4O5S/c1-17(2)16-38-21-12-19(11-20(29)13-21)23-10-9-22(26(30-23)33-15-18(3)14-28(33,4)5)27(35)32-39(36,37)25-8-6-7-24(34)31-25/h6-13,17-18H,14-16H2,1-5H3,(H,31,34)(H,32,35). The molecule has 1 unspecified atom stereocenters. The monoisotopic (exact) mass is 556 g/mol. The Balaban J connectivity index is 1.77. The molecule has 3 heterocycles. The maximum absolute atomic E-state index is 14.5. The van der Waals surface area contributed by atoms with Crippen molar-refractivity contribution in [3.8, 4) is 17.0 Å². The number of amides is 1. The smallest absolute Gasteiger partial charge is 0.279 e. The van der Waals surface area contributed by atoms with Gasteiger partial charge in [-0.05, 0) is 62.4 Å². The number of hydrogen-bond donors (Lipinski definition) is 2. The number of carbonyl (C=O) groups is 1. The molecule has 2 aromatic heterocycles. The molecule has 1 aliphatic rings. The van der Waals surface area contributed by atoms with Gasteiger partial charge in [0.1, 0.15) is 17.4 Å². The summed E-state index contributed by atoms with van der Waals surface area (Å²) in [6.45, 7) is 11.1. The molecule has 0 spiro atoms. The molecule has 9 nitrogen and oxygen atoms in total. The van der Waals surface area contributed by atoms with Crippen molar-refractivity contribution in [2.45, 2.75) is 51.6 Å². The Morgan fingerprint density at radius 2 is 1.97 bits per heavy atom. The number of sulfonamides is 1. The van der Waals surface area contributed by atoms with Crippen LogP contribution in [0.3, 0.4) is 0 Å². The first kappa shape index (κ1) is 28.3. The van der Waals surface area contributed by atoms with E-state index in [4.69, 9.17) is 9.72 Å². The number of halogens is 1. The van der Waals surface area contributed by atoms with Crippen molar-refractivity contribution < 1.29 is 22.3 Å². The van der Waals surface area contributed by atoms with Crippen LogP contribution in [-0.2, 0) is 10.0 Å². The van der Waals surface area contributed by atoms with Crippen LogP contribution in [0.2, 0.25) is 0 Å². The van der Waals surface area contributed by atoms with Gasteiger partial charge in [-0.15, -0.1) is 0 Å². The molecular formula is C28H33FN4O5S. The highest BCUT2D eigenvalue weighted by Gasteiger charge is 2.39. The van der Waals surface area contributed by atoms with Gasteiger partial charge < -0.3 is 14.6 Å². The quantitative estimate of drug-likeness (QED) is 0.423. The third-order valence-electron chi connectivity index (χ3n) is 6.46. The minimum absolute atomic E-state index is 0.0375. The summed E-state index contributed by atoms with van der Waals surface area (Å²) in [6.07, 6.45) is 0.830. The normalized spacial score (nSPS) is 16.9. The zero-order valence-electron chi connectivity index (χ0n) is 22.6. The molecule has 0 saturated carbocycles. The fraction of sp³-hybridized carbons (Fsp3) is 0.393. The summed E-state index contributed by atoms with van der Waals surface area (Å²) in [6, 6.07) is 11.0. The molecule has 1 aliphatic heterocycles. The number of ether oxygens (including phenoxy) is 1. The molecule has 0 radical (unpaired) electrons. The Morgan fingerprint density at radius 3 is 2.62 bits per heavy atom. The van der Waals surface area contributed by atoms with Gasteiger partial charge >= 0.3 is 0 Å². The van der Waals surface area contributed by atoms with E-state index in [0.717, 1.165) is 6.42 Å². The molecule has 39 heavy (non-hydrogen) atoms. The highest BCUT2D eigenvalue weighted by atomic mass is 32.2. The van der Waals surface area contributed by atoms with Crippen LogP contribution < -0.4 is 19.9 Å². The van der Waals surface area contributed by atoms with Crippen molar-refractivity contribution in [1.29, 1.82) is 0 Å². The summed E-state index contributed by atoms with van der Waals surface area (Å²) >= 11 is 0. The van der Waals surface area contributed by atoms with Crippen molar-refractivity contribution >= 4 is 21.7 Å². The molecule has 1 aromatic carbocycles. The number of nitrogens with one attached hydrogen (secondary N) is 2. The minimum Gasteiger partial charge on any atom is -0.493 e. The van der Waals surface area contributed by atoms with Crippen LogP contribution in [0.4, 0.5) is 10.2 Å². The first-order valence-corrected chi connectivity index (χ1v) is 14.2. The van der Waals surface area contributed by atoms with E-state index in [1.807, 2.05) is 37.3 Å². The highest BCUT2D eigenvalue weighted by Crippen LogP contribution is 2.38. The summed E-state index contributed by atoms with van der Waals surface area (Å²) in [5.41, 5.74) is -0.0912. The Hall–Kier alpha value is -3.73. The molecular weight excluding hydrogens is 523 g/mol. The molecule has 2 N–H and O–H groups in total. The fourth-order valence-corrected chi connectivity index (χ4v) is 5.78. The van der Waals surface area contributed by atoms with Crippen LogP contribution in [0, 0.1) is 17.7 Å². The zero-order chi connectivity index (χ0) is 28.5. The number of hydrogen-bond acceptors (Lipinski definition) is 7. The number of carbonyl (C=O) groups excluding carboxylic acids is 1. The molecule has 0 bridgehead atoms. The van der Waals surface area contributed by atoms with Crippen LogP contribution in [-0.4, -0.2) is 43.0 Å². The molecule has 11 heteroatoms. The topological polar surface area (TPSA) is 121 Å². The molecule has 0 aliphatic carbocycles. The summed E-state index contributed by atoms with van der Waals surface area (Å²) in [7, 11) is -4.36. The molecule has 1 fully saturated rings. The molecule has 4 rings (SSSR count). The summed E-state index contributed by atoms with van der Waals surface area (Å²) < 4.78 is 48.0. The maximum atomic E-state index is 14.5. The van der Waals surface area contributed by atoms with E-state index in [1.54, 1.807) is 12.1 Å². The van der Waals surface area contributed by atoms with E-state index in [1.165, 1.54) is 36.4 Å². The predicted octanol–water partition coefficient (Wildman–Crippen LogP) is 4.35. The largest absolute Gasteiger partial charge is 0.493 e. The van der Waals surface area contributed by atoms with E-state index in [2.05, 4.69) is 11.9 Å². The predicted molar refractivity (Wildman–Crippen MR) is 147 cm³/mol. The number of anilines is 1. The van der Waals surface area contributed by atoms with Crippen molar-refractivity contribution in [2.75, 3.05) is 18.1 Å². The Labute approximate surface area is 227 Å². The highest BCUT2D eigenvalue weighted by molar-refractivity contribution is 7.90. The fourth-order valence-electron chi connectivity index (χ4n) is 4.82. The lowest BCUT2D eigenvalue weighted by atomic mass is 9.97. The number of H-pyrrole nitrogens is 1. The minimum atomic E-state index is -4.36. The Morgan fingerprint density at radius 1 is 1.23 bits per heavy atom. The molecule has 3 aromatic rings. The van der Waals surface area contributed by atoms with Crippen molar-refractivity contribution in [1.82, 2.24) is 14.7 Å². The maximum Gasteiger partial charge on any atom is 0.279 e. The Bertz CT molecular complexity index is 1550. The molecule has 1 atom stereocenters. The number of rotatable bonds is 8. The number of pyridine rings is 2. The lowest BCUT2D eigenvalue weighted by Crippen LogP contribution is -2.41. The Kier molecular flexibility index (Phi) is 7.83. The van der Waals surface area contributed by atoms with Gasteiger partial charge in [-0.1, -0.05) is 26.8 Å². The van der Waals surface area contributed by atoms with Crippen LogP contribution >= 0.6 is 0 Å². The van der Waals surface area contributed by atoms with Gasteiger partial charge in [0.2, 0.25) is 5.56 Å². The summed E-state index contributed by atoms with van der Waals surface area (Å²) in [5, 5.41) is -0.432. The lowest BCUT2D eigenvalue weighted by Gasteiger charge is -2.34. The molecule has 1 saturated heterocycles. The second-order valence-electron chi connectivity index (χ2n) is 11.0. The third kappa shape index (κ3) is 6.47. The second kappa shape index (κ2) is 10.8. The zero-order valence-corrected chi connectivity index (χ0v) is 23.4. The number of nitrogens with zero attached hydrogens (tertiary/aromatic N) is 2. The van der Waals surface area contributed by atoms with E-state index in [-0.39, 0.29) is 22.8 Å². The van der Waals surface area contributed by atoms with Gasteiger partial charge in [0, 0.05) is 29.8 Å². The van der Waals surface area contributed by atoms with Gasteiger partial charge in [-0.2, -0.15) is 8.42 Å². The average Bonchev–Trinajstić information content (AvgIpc) is 3.13. The van der Waals surface area contributed by atoms with Crippen LogP contribution in [0.15, 0.2) is 58.4 Å². The van der Waals surface area contributed by atoms with E-state index < -0.39 is 32.3 Å². The average molecular weight is 557 g/mol. The van der Waals surface area contributed by atoms with Gasteiger partial charge in [0.05, 0.1) is 17.9 Å². The van der Waals surface area contributed by atoms with Crippen molar-refractivity contribution in [3.05, 3.63) is 70.3 Å².